The summed E-state index contributed by atoms with van der Waals surface area (Å²) in [5, 5.41) is 14.1. The minimum atomic E-state index is -0.480. The van der Waals surface area contributed by atoms with E-state index in [2.05, 4.69) is 10.2 Å². The first-order chi connectivity index (χ1) is 14.9. The number of rotatable bonds is 6. The molecule has 31 heavy (non-hydrogen) atoms. The van der Waals surface area contributed by atoms with Gasteiger partial charge < -0.3 is 20.1 Å². The molecule has 2 heterocycles. The van der Waals surface area contributed by atoms with Crippen molar-refractivity contribution in [3.05, 3.63) is 23.9 Å². The van der Waals surface area contributed by atoms with Crippen molar-refractivity contribution in [1.29, 1.82) is 0 Å². The van der Waals surface area contributed by atoms with Gasteiger partial charge in [-0.3, -0.25) is 4.79 Å². The number of Topliss-reactive ketones (excluding diaryl/α,β-unsaturated/α-hetero) is 1. The molecule has 6 heteroatoms. The van der Waals surface area contributed by atoms with E-state index in [0.717, 1.165) is 70.3 Å². The zero-order chi connectivity index (χ0) is 21.6. The van der Waals surface area contributed by atoms with Crippen molar-refractivity contribution in [2.75, 3.05) is 18.0 Å². The molecule has 0 radical (unpaired) electrons. The number of ketones is 1. The maximum absolute atomic E-state index is 13.1. The van der Waals surface area contributed by atoms with Crippen LogP contribution in [0, 0.1) is 23.7 Å². The summed E-state index contributed by atoms with van der Waals surface area (Å²) in [5.41, 5.74) is 0.00983. The number of carbonyl (C=O) groups excluding carboxylic acids is 2. The molecule has 4 saturated carbocycles. The topological polar surface area (TPSA) is 82.5 Å². The number of nitrogens with zero attached hydrogens (tertiary/aromatic N) is 2. The van der Waals surface area contributed by atoms with Gasteiger partial charge in [0.05, 0.1) is 5.60 Å². The van der Waals surface area contributed by atoms with Gasteiger partial charge in [-0.25, -0.2) is 4.98 Å². The quantitative estimate of drug-likeness (QED) is 0.731. The molecule has 0 spiro atoms. The van der Waals surface area contributed by atoms with Crippen LogP contribution in [0.5, 0.6) is 0 Å². The fourth-order valence-electron chi connectivity index (χ4n) is 7.03. The molecule has 5 aliphatic rings. The first-order valence-electron chi connectivity index (χ1n) is 12.1. The van der Waals surface area contributed by atoms with Crippen molar-refractivity contribution in [2.45, 2.75) is 76.4 Å². The number of carbonyl (C=O) groups is 2. The molecular weight excluding hydrogens is 390 g/mol. The number of piperidine rings is 1. The Balaban J connectivity index is 1.20. The summed E-state index contributed by atoms with van der Waals surface area (Å²) in [5.74, 6) is 3.11. The van der Waals surface area contributed by atoms with Gasteiger partial charge in [0, 0.05) is 25.6 Å². The summed E-state index contributed by atoms with van der Waals surface area (Å²) in [6, 6.07) is 5.90. The van der Waals surface area contributed by atoms with E-state index in [9.17, 15) is 14.7 Å². The largest absolute Gasteiger partial charge is 0.390 e. The van der Waals surface area contributed by atoms with E-state index in [4.69, 9.17) is 4.98 Å². The molecule has 5 fully saturated rings. The van der Waals surface area contributed by atoms with Crippen molar-refractivity contribution in [2.24, 2.45) is 23.7 Å². The van der Waals surface area contributed by atoms with E-state index in [1.54, 1.807) is 6.92 Å². The fourth-order valence-corrected chi connectivity index (χ4v) is 7.03. The van der Waals surface area contributed by atoms with Crippen LogP contribution in [-0.4, -0.2) is 46.5 Å². The van der Waals surface area contributed by atoms with Crippen LogP contribution in [0.3, 0.4) is 0 Å². The highest BCUT2D eigenvalue weighted by Gasteiger charge is 2.55. The summed E-state index contributed by atoms with van der Waals surface area (Å²) in [6.45, 7) is 3.52. The Labute approximate surface area is 184 Å². The lowest BCUT2D eigenvalue weighted by Gasteiger charge is -2.58. The third-order valence-corrected chi connectivity index (χ3v) is 8.35. The maximum Gasteiger partial charge on any atom is 0.270 e. The monoisotopic (exact) mass is 425 g/mol. The number of hydrogen-bond donors (Lipinski definition) is 2. The number of amides is 1. The van der Waals surface area contributed by atoms with Gasteiger partial charge in [0.2, 0.25) is 0 Å². The van der Waals surface area contributed by atoms with Crippen LogP contribution in [0.15, 0.2) is 18.2 Å². The number of hydrogen-bond acceptors (Lipinski definition) is 5. The highest BCUT2D eigenvalue weighted by Crippen LogP contribution is 2.55. The van der Waals surface area contributed by atoms with Gasteiger partial charge in [-0.2, -0.15) is 0 Å². The second-order valence-electron chi connectivity index (χ2n) is 10.7. The second kappa shape index (κ2) is 8.19. The maximum atomic E-state index is 13.1. The third kappa shape index (κ3) is 4.36. The number of aliphatic hydroxyl groups is 1. The predicted molar refractivity (Wildman–Crippen MR) is 119 cm³/mol. The molecule has 1 aromatic rings. The standard InChI is InChI=1S/C25H35N3O3/c1-16(29)5-6-17-7-9-28(10-8-17)22-4-2-3-21(26-22)24(30)27-23-19-11-18-12-20(23)15-25(31,13-18)14-19/h2-4,17-20,23,31H,5-15H2,1H3,(H,27,30)/t18?,19?,20?,23-,25-. The minimum Gasteiger partial charge on any atom is -0.390 e. The SMILES string of the molecule is CC(=O)CCC1CCN(c2cccc(C(=O)N[C@H]3C4CC5CC3C[C@](O)(C5)C4)n2)CC1. The minimum absolute atomic E-state index is 0.0809. The van der Waals surface area contributed by atoms with Gasteiger partial charge in [0.15, 0.2) is 0 Å². The summed E-state index contributed by atoms with van der Waals surface area (Å²) in [6.07, 6.45) is 8.69. The molecule has 4 aliphatic carbocycles. The molecule has 2 atom stereocenters. The molecule has 6 nitrogen and oxygen atoms in total. The Morgan fingerprint density at radius 2 is 1.87 bits per heavy atom. The first-order valence-corrected chi connectivity index (χ1v) is 12.1. The molecule has 1 saturated heterocycles. The number of nitrogens with one attached hydrogen (secondary N) is 1. The highest BCUT2D eigenvalue weighted by atomic mass is 16.3. The van der Waals surface area contributed by atoms with Gasteiger partial charge in [-0.15, -0.1) is 0 Å². The Morgan fingerprint density at radius 1 is 1.16 bits per heavy atom. The second-order valence-corrected chi connectivity index (χ2v) is 10.7. The van der Waals surface area contributed by atoms with Crippen LogP contribution in [-0.2, 0) is 4.79 Å². The van der Waals surface area contributed by atoms with E-state index in [-0.39, 0.29) is 17.7 Å². The van der Waals surface area contributed by atoms with Gasteiger partial charge in [0.25, 0.3) is 5.91 Å². The van der Waals surface area contributed by atoms with E-state index in [1.165, 1.54) is 0 Å². The zero-order valence-corrected chi connectivity index (χ0v) is 18.6. The lowest BCUT2D eigenvalue weighted by molar-refractivity contribution is -0.137. The summed E-state index contributed by atoms with van der Waals surface area (Å²) < 4.78 is 0. The number of pyridine rings is 1. The van der Waals surface area contributed by atoms with Crippen molar-refractivity contribution >= 4 is 17.5 Å². The molecule has 2 unspecified atom stereocenters. The molecule has 1 aromatic heterocycles. The molecule has 6 rings (SSSR count). The van der Waals surface area contributed by atoms with Crippen LogP contribution in [0.25, 0.3) is 0 Å². The lowest BCUT2D eigenvalue weighted by Crippen LogP contribution is -2.61. The lowest BCUT2D eigenvalue weighted by atomic mass is 9.52. The number of aromatic nitrogens is 1. The van der Waals surface area contributed by atoms with Gasteiger partial charge in [-0.1, -0.05) is 6.07 Å². The van der Waals surface area contributed by atoms with E-state index in [1.807, 2.05) is 18.2 Å². The summed E-state index contributed by atoms with van der Waals surface area (Å²) in [7, 11) is 0. The fraction of sp³-hybridized carbons (Fsp3) is 0.720. The van der Waals surface area contributed by atoms with Crippen molar-refractivity contribution in [1.82, 2.24) is 10.3 Å². The Kier molecular flexibility index (Phi) is 5.53. The van der Waals surface area contributed by atoms with Gasteiger partial charge in [0.1, 0.15) is 17.3 Å². The average molecular weight is 426 g/mol. The molecule has 1 aliphatic heterocycles. The molecule has 2 N–H and O–H groups in total. The van der Waals surface area contributed by atoms with Crippen LogP contribution < -0.4 is 10.2 Å². The highest BCUT2D eigenvalue weighted by molar-refractivity contribution is 5.93. The summed E-state index contributed by atoms with van der Waals surface area (Å²) >= 11 is 0. The third-order valence-electron chi connectivity index (χ3n) is 8.35. The Morgan fingerprint density at radius 3 is 2.52 bits per heavy atom. The van der Waals surface area contributed by atoms with Gasteiger partial charge >= 0.3 is 0 Å². The van der Waals surface area contributed by atoms with Crippen LogP contribution in [0.1, 0.15) is 75.2 Å². The molecular formula is C25H35N3O3. The average Bonchev–Trinajstić information content (AvgIpc) is 2.74. The smallest absolute Gasteiger partial charge is 0.270 e. The van der Waals surface area contributed by atoms with E-state index >= 15 is 0 Å². The first kappa shape index (κ1) is 20.9. The molecule has 0 aromatic carbocycles. The summed E-state index contributed by atoms with van der Waals surface area (Å²) in [4.78, 5) is 31.3. The normalized spacial score (nSPS) is 34.7. The van der Waals surface area contributed by atoms with E-state index in [0.29, 0.717) is 35.8 Å². The zero-order valence-electron chi connectivity index (χ0n) is 18.6. The van der Waals surface area contributed by atoms with Gasteiger partial charge in [-0.05, 0) is 94.1 Å². The molecule has 4 bridgehead atoms. The number of anilines is 1. The Hall–Kier alpha value is -1.95. The Bertz CT molecular complexity index is 832. The van der Waals surface area contributed by atoms with Crippen LogP contribution in [0.2, 0.25) is 0 Å². The van der Waals surface area contributed by atoms with Crippen molar-refractivity contribution in [3.8, 4) is 0 Å². The molecule has 1 amide bonds. The van der Waals surface area contributed by atoms with Crippen LogP contribution >= 0.6 is 0 Å². The van der Waals surface area contributed by atoms with E-state index < -0.39 is 5.60 Å². The van der Waals surface area contributed by atoms with Crippen molar-refractivity contribution < 1.29 is 14.7 Å². The van der Waals surface area contributed by atoms with Crippen LogP contribution in [0.4, 0.5) is 5.82 Å². The predicted octanol–water partition coefficient (Wildman–Crippen LogP) is 3.34. The molecule has 168 valence electrons. The van der Waals surface area contributed by atoms with Crippen molar-refractivity contribution in [3.63, 3.8) is 0 Å².